The lowest BCUT2D eigenvalue weighted by atomic mass is 9.81. The number of aromatic hydroxyl groups is 1. The van der Waals surface area contributed by atoms with Crippen molar-refractivity contribution >= 4 is 6.29 Å². The summed E-state index contributed by atoms with van der Waals surface area (Å²) in [5, 5.41) is 9.55. The number of carbonyl (C=O) groups excluding carboxylic acids is 1. The third-order valence-corrected chi connectivity index (χ3v) is 3.11. The minimum Gasteiger partial charge on any atom is -0.508 e. The molecule has 0 radical (unpaired) electrons. The molecule has 0 aromatic heterocycles. The van der Waals surface area contributed by atoms with Crippen LogP contribution in [0.3, 0.4) is 0 Å². The van der Waals surface area contributed by atoms with Crippen LogP contribution in [0.1, 0.15) is 35.4 Å². The molecule has 2 rings (SSSR count). The van der Waals surface area contributed by atoms with Gasteiger partial charge in [-0.15, -0.1) is 0 Å². The number of phenols is 1. The highest BCUT2D eigenvalue weighted by Crippen LogP contribution is 2.35. The molecule has 0 fully saturated rings. The van der Waals surface area contributed by atoms with Crippen molar-refractivity contribution in [3.8, 4) is 5.75 Å². The highest BCUT2D eigenvalue weighted by molar-refractivity contribution is 5.65. The van der Waals surface area contributed by atoms with E-state index >= 15 is 0 Å². The molecule has 2 nitrogen and oxygen atoms in total. The predicted octanol–water partition coefficient (Wildman–Crippen LogP) is 2.32. The number of phenolic OH excluding ortho intramolecular Hbond substituents is 1. The molecule has 0 heterocycles. The van der Waals surface area contributed by atoms with Gasteiger partial charge in [0.1, 0.15) is 12.0 Å². The van der Waals surface area contributed by atoms with Gasteiger partial charge in [0, 0.05) is 5.92 Å². The highest BCUT2D eigenvalue weighted by atomic mass is 16.3. The minimum atomic E-state index is 0.0399. The standard InChI is InChI=1S/C12H14O2/c1-8-10-4-2-3-9(7-13)11(10)5-6-12(8)14/h5-7,9,14H,2-4H2,1H3. The molecule has 1 aromatic rings. The Bertz CT molecular complexity index is 369. The summed E-state index contributed by atoms with van der Waals surface area (Å²) in [6.07, 6.45) is 4.00. The second-order valence-corrected chi connectivity index (χ2v) is 3.91. The van der Waals surface area contributed by atoms with Gasteiger partial charge in [0.15, 0.2) is 0 Å². The van der Waals surface area contributed by atoms with Crippen LogP contribution in [0.25, 0.3) is 0 Å². The monoisotopic (exact) mass is 190 g/mol. The lowest BCUT2D eigenvalue weighted by molar-refractivity contribution is -0.109. The molecular formula is C12H14O2. The smallest absolute Gasteiger partial charge is 0.127 e. The van der Waals surface area contributed by atoms with E-state index in [9.17, 15) is 9.90 Å². The van der Waals surface area contributed by atoms with Crippen molar-refractivity contribution in [2.45, 2.75) is 32.1 Å². The van der Waals surface area contributed by atoms with Crippen LogP contribution in [-0.2, 0) is 11.2 Å². The Hall–Kier alpha value is -1.31. The number of hydrogen-bond donors (Lipinski definition) is 1. The van der Waals surface area contributed by atoms with Gasteiger partial charge in [-0.1, -0.05) is 6.07 Å². The fraction of sp³-hybridized carbons (Fsp3) is 0.417. The third kappa shape index (κ3) is 1.31. The van der Waals surface area contributed by atoms with Crippen LogP contribution in [0.15, 0.2) is 12.1 Å². The Labute approximate surface area is 83.6 Å². The van der Waals surface area contributed by atoms with E-state index in [0.717, 1.165) is 36.7 Å². The average Bonchev–Trinajstić information content (AvgIpc) is 2.23. The van der Waals surface area contributed by atoms with Crippen molar-refractivity contribution < 1.29 is 9.90 Å². The Kier molecular flexibility index (Phi) is 2.28. The first-order chi connectivity index (χ1) is 6.74. The molecule has 0 saturated heterocycles. The molecule has 1 aliphatic rings. The van der Waals surface area contributed by atoms with E-state index in [-0.39, 0.29) is 5.92 Å². The fourth-order valence-electron chi connectivity index (χ4n) is 2.24. The molecule has 0 saturated carbocycles. The summed E-state index contributed by atoms with van der Waals surface area (Å²) in [7, 11) is 0. The van der Waals surface area contributed by atoms with E-state index in [1.165, 1.54) is 5.56 Å². The van der Waals surface area contributed by atoms with Crippen LogP contribution >= 0.6 is 0 Å². The maximum Gasteiger partial charge on any atom is 0.127 e. The van der Waals surface area contributed by atoms with Gasteiger partial charge in [0.2, 0.25) is 0 Å². The van der Waals surface area contributed by atoms with Crippen LogP contribution in [0, 0.1) is 6.92 Å². The number of aldehydes is 1. The molecule has 0 aliphatic heterocycles. The Morgan fingerprint density at radius 2 is 2.29 bits per heavy atom. The molecule has 1 N–H and O–H groups in total. The highest BCUT2D eigenvalue weighted by Gasteiger charge is 2.21. The van der Waals surface area contributed by atoms with Gasteiger partial charge in [-0.2, -0.15) is 0 Å². The van der Waals surface area contributed by atoms with Crippen molar-refractivity contribution in [1.82, 2.24) is 0 Å². The van der Waals surface area contributed by atoms with E-state index in [1.54, 1.807) is 6.07 Å². The number of carbonyl (C=O) groups is 1. The molecular weight excluding hydrogens is 176 g/mol. The molecule has 0 spiro atoms. The zero-order chi connectivity index (χ0) is 10.1. The van der Waals surface area contributed by atoms with Gasteiger partial charge in [-0.25, -0.2) is 0 Å². The normalized spacial score (nSPS) is 20.2. The van der Waals surface area contributed by atoms with Crippen LogP contribution in [0.4, 0.5) is 0 Å². The summed E-state index contributed by atoms with van der Waals surface area (Å²) in [4.78, 5) is 10.9. The van der Waals surface area contributed by atoms with Gasteiger partial charge in [-0.3, -0.25) is 0 Å². The van der Waals surface area contributed by atoms with Crippen molar-refractivity contribution in [3.63, 3.8) is 0 Å². The Morgan fingerprint density at radius 3 is 3.00 bits per heavy atom. The molecule has 1 aliphatic carbocycles. The van der Waals surface area contributed by atoms with Crippen LogP contribution in [0.5, 0.6) is 5.75 Å². The zero-order valence-electron chi connectivity index (χ0n) is 8.29. The molecule has 1 unspecified atom stereocenters. The predicted molar refractivity (Wildman–Crippen MR) is 54.6 cm³/mol. The third-order valence-electron chi connectivity index (χ3n) is 3.11. The molecule has 2 heteroatoms. The van der Waals surface area contributed by atoms with Crippen molar-refractivity contribution in [2.75, 3.05) is 0 Å². The lowest BCUT2D eigenvalue weighted by Gasteiger charge is -2.23. The summed E-state index contributed by atoms with van der Waals surface area (Å²) in [5.41, 5.74) is 3.23. The zero-order valence-corrected chi connectivity index (χ0v) is 8.29. The fourth-order valence-corrected chi connectivity index (χ4v) is 2.24. The molecule has 1 aromatic carbocycles. The van der Waals surface area contributed by atoms with Crippen LogP contribution in [0.2, 0.25) is 0 Å². The first-order valence-electron chi connectivity index (χ1n) is 5.00. The first-order valence-corrected chi connectivity index (χ1v) is 5.00. The molecule has 74 valence electrons. The molecule has 0 bridgehead atoms. The van der Waals surface area contributed by atoms with Crippen LogP contribution < -0.4 is 0 Å². The van der Waals surface area contributed by atoms with Gasteiger partial charge < -0.3 is 9.90 Å². The van der Waals surface area contributed by atoms with Crippen molar-refractivity contribution in [2.24, 2.45) is 0 Å². The number of hydrogen-bond acceptors (Lipinski definition) is 2. The maximum atomic E-state index is 10.9. The van der Waals surface area contributed by atoms with Crippen molar-refractivity contribution in [3.05, 3.63) is 28.8 Å². The van der Waals surface area contributed by atoms with Crippen LogP contribution in [-0.4, -0.2) is 11.4 Å². The summed E-state index contributed by atoms with van der Waals surface area (Å²) in [6.45, 7) is 1.92. The second kappa shape index (κ2) is 3.45. The molecule has 14 heavy (non-hydrogen) atoms. The lowest BCUT2D eigenvalue weighted by Crippen LogP contribution is -2.12. The van der Waals surface area contributed by atoms with Crippen molar-refractivity contribution in [1.29, 1.82) is 0 Å². The number of benzene rings is 1. The summed E-state index contributed by atoms with van der Waals surface area (Å²) >= 11 is 0. The van der Waals surface area contributed by atoms with Gasteiger partial charge >= 0.3 is 0 Å². The summed E-state index contributed by atoms with van der Waals surface area (Å²) in [6, 6.07) is 3.58. The Morgan fingerprint density at radius 1 is 1.50 bits per heavy atom. The first kappa shape index (κ1) is 9.25. The summed E-state index contributed by atoms with van der Waals surface area (Å²) < 4.78 is 0. The Balaban J connectivity index is 2.55. The second-order valence-electron chi connectivity index (χ2n) is 3.91. The van der Waals surface area contributed by atoms with E-state index in [4.69, 9.17) is 0 Å². The van der Waals surface area contributed by atoms with Gasteiger partial charge in [0.05, 0.1) is 0 Å². The van der Waals surface area contributed by atoms with E-state index in [0.29, 0.717) is 5.75 Å². The largest absolute Gasteiger partial charge is 0.508 e. The SMILES string of the molecule is Cc1c(O)ccc2c1CCCC2C=O. The minimum absolute atomic E-state index is 0.0399. The number of rotatable bonds is 1. The van der Waals surface area contributed by atoms with Gasteiger partial charge in [-0.05, 0) is 48.9 Å². The summed E-state index contributed by atoms with van der Waals surface area (Å²) in [5.74, 6) is 0.383. The maximum absolute atomic E-state index is 10.9. The van der Waals surface area contributed by atoms with E-state index in [2.05, 4.69) is 0 Å². The molecule has 1 atom stereocenters. The van der Waals surface area contributed by atoms with E-state index < -0.39 is 0 Å². The van der Waals surface area contributed by atoms with Gasteiger partial charge in [0.25, 0.3) is 0 Å². The topological polar surface area (TPSA) is 37.3 Å². The molecule has 0 amide bonds. The number of fused-ring (bicyclic) bond motifs is 1. The quantitative estimate of drug-likeness (QED) is 0.690. The van der Waals surface area contributed by atoms with E-state index in [1.807, 2.05) is 13.0 Å². The average molecular weight is 190 g/mol.